The summed E-state index contributed by atoms with van der Waals surface area (Å²) in [5.41, 5.74) is 1.50. The highest BCUT2D eigenvalue weighted by Gasteiger charge is 2.13. The number of aliphatic hydroxyl groups excluding tert-OH is 1. The maximum Gasteiger partial charge on any atom is 0.227 e. The van der Waals surface area contributed by atoms with Crippen molar-refractivity contribution >= 4 is 11.6 Å². The Kier molecular flexibility index (Phi) is 3.27. The molecule has 0 fully saturated rings. The second-order valence-corrected chi connectivity index (χ2v) is 4.05. The predicted molar refractivity (Wildman–Crippen MR) is 62.4 cm³/mol. The lowest BCUT2D eigenvalue weighted by molar-refractivity contribution is 0.271. The number of aliphatic hydroxyl groups is 1. The molecule has 0 radical (unpaired) electrons. The van der Waals surface area contributed by atoms with E-state index >= 15 is 0 Å². The monoisotopic (exact) mass is 237 g/mol. The molecule has 1 aromatic heterocycles. The smallest absolute Gasteiger partial charge is 0.227 e. The minimum Gasteiger partial charge on any atom is -0.444 e. The molecule has 1 heterocycles. The summed E-state index contributed by atoms with van der Waals surface area (Å²) >= 11 is 6.03. The average molecular weight is 238 g/mol. The van der Waals surface area contributed by atoms with Gasteiger partial charge < -0.3 is 9.52 Å². The molecule has 1 unspecified atom stereocenters. The molecule has 3 nitrogen and oxygen atoms in total. The van der Waals surface area contributed by atoms with E-state index in [1.54, 1.807) is 12.3 Å². The number of oxazole rings is 1. The van der Waals surface area contributed by atoms with Crippen LogP contribution in [0.15, 0.2) is 34.9 Å². The Balaban J connectivity index is 2.35. The van der Waals surface area contributed by atoms with Gasteiger partial charge in [0.05, 0.1) is 22.9 Å². The first-order valence-electron chi connectivity index (χ1n) is 5.03. The van der Waals surface area contributed by atoms with Crippen LogP contribution in [-0.4, -0.2) is 16.7 Å². The molecule has 1 N–H and O–H groups in total. The van der Waals surface area contributed by atoms with Crippen LogP contribution >= 0.6 is 11.6 Å². The first-order chi connectivity index (χ1) is 7.72. The van der Waals surface area contributed by atoms with Crippen molar-refractivity contribution in [3.05, 3.63) is 41.2 Å². The van der Waals surface area contributed by atoms with Gasteiger partial charge in [0.25, 0.3) is 0 Å². The fraction of sp³-hybridized carbons (Fsp3) is 0.250. The van der Waals surface area contributed by atoms with Crippen LogP contribution in [0, 0.1) is 0 Å². The van der Waals surface area contributed by atoms with E-state index in [0.29, 0.717) is 10.9 Å². The second-order valence-electron chi connectivity index (χ2n) is 3.64. The van der Waals surface area contributed by atoms with Crippen LogP contribution in [-0.2, 0) is 0 Å². The van der Waals surface area contributed by atoms with Gasteiger partial charge in [0.2, 0.25) is 5.89 Å². The highest BCUT2D eigenvalue weighted by Crippen LogP contribution is 2.28. The SMILES string of the molecule is CC(CO)c1coc(-c2ccccc2Cl)n1. The van der Waals surface area contributed by atoms with Crippen molar-refractivity contribution in [2.45, 2.75) is 12.8 Å². The van der Waals surface area contributed by atoms with Crippen molar-refractivity contribution in [3.8, 4) is 11.5 Å². The second kappa shape index (κ2) is 4.68. The van der Waals surface area contributed by atoms with Crippen LogP contribution in [0.1, 0.15) is 18.5 Å². The lowest BCUT2D eigenvalue weighted by Crippen LogP contribution is -1.98. The Morgan fingerprint density at radius 1 is 1.44 bits per heavy atom. The van der Waals surface area contributed by atoms with Crippen molar-refractivity contribution in [3.63, 3.8) is 0 Å². The standard InChI is InChI=1S/C12H12ClNO2/c1-8(6-15)11-7-16-12(14-11)9-4-2-3-5-10(9)13/h2-5,7-8,15H,6H2,1H3. The zero-order chi connectivity index (χ0) is 11.5. The van der Waals surface area contributed by atoms with Crippen LogP contribution in [0.5, 0.6) is 0 Å². The number of benzene rings is 1. The lowest BCUT2D eigenvalue weighted by Gasteiger charge is -2.00. The van der Waals surface area contributed by atoms with Crippen LogP contribution in [0.4, 0.5) is 0 Å². The summed E-state index contributed by atoms with van der Waals surface area (Å²) in [5, 5.41) is 9.62. The third-order valence-corrected chi connectivity index (χ3v) is 2.73. The van der Waals surface area contributed by atoms with E-state index < -0.39 is 0 Å². The average Bonchev–Trinajstić information content (AvgIpc) is 2.78. The quantitative estimate of drug-likeness (QED) is 0.892. The highest BCUT2D eigenvalue weighted by atomic mass is 35.5. The van der Waals surface area contributed by atoms with Crippen LogP contribution in [0.25, 0.3) is 11.5 Å². The Bertz CT molecular complexity index is 481. The van der Waals surface area contributed by atoms with E-state index in [-0.39, 0.29) is 12.5 Å². The zero-order valence-electron chi connectivity index (χ0n) is 8.85. The number of rotatable bonds is 3. The number of hydrogen-bond donors (Lipinski definition) is 1. The first kappa shape index (κ1) is 11.2. The highest BCUT2D eigenvalue weighted by molar-refractivity contribution is 6.33. The van der Waals surface area contributed by atoms with Crippen molar-refractivity contribution in [2.24, 2.45) is 0 Å². The van der Waals surface area contributed by atoms with Gasteiger partial charge >= 0.3 is 0 Å². The summed E-state index contributed by atoms with van der Waals surface area (Å²) < 4.78 is 5.35. The molecule has 16 heavy (non-hydrogen) atoms. The number of hydrogen-bond acceptors (Lipinski definition) is 3. The molecular weight excluding hydrogens is 226 g/mol. The molecule has 1 aromatic carbocycles. The van der Waals surface area contributed by atoms with Crippen LogP contribution in [0.2, 0.25) is 5.02 Å². The Labute approximate surface area is 98.7 Å². The van der Waals surface area contributed by atoms with Gasteiger partial charge in [-0.15, -0.1) is 0 Å². The Morgan fingerprint density at radius 3 is 2.88 bits per heavy atom. The summed E-state index contributed by atoms with van der Waals surface area (Å²) in [6.07, 6.45) is 1.56. The molecule has 0 amide bonds. The van der Waals surface area contributed by atoms with Crippen molar-refractivity contribution in [1.82, 2.24) is 4.98 Å². The fourth-order valence-electron chi connectivity index (χ4n) is 1.36. The van der Waals surface area contributed by atoms with Gasteiger partial charge in [-0.25, -0.2) is 4.98 Å². The van der Waals surface area contributed by atoms with Crippen molar-refractivity contribution < 1.29 is 9.52 Å². The molecule has 0 spiro atoms. The topological polar surface area (TPSA) is 46.3 Å². The Hall–Kier alpha value is -1.32. The van der Waals surface area contributed by atoms with Gasteiger partial charge in [-0.05, 0) is 12.1 Å². The lowest BCUT2D eigenvalue weighted by atomic mass is 10.1. The van der Waals surface area contributed by atoms with E-state index in [1.807, 2.05) is 25.1 Å². The zero-order valence-corrected chi connectivity index (χ0v) is 9.61. The summed E-state index contributed by atoms with van der Waals surface area (Å²) in [6.45, 7) is 1.93. The molecule has 2 rings (SSSR count). The van der Waals surface area contributed by atoms with Gasteiger partial charge in [0.1, 0.15) is 6.26 Å². The molecule has 2 aromatic rings. The largest absolute Gasteiger partial charge is 0.444 e. The molecule has 0 saturated carbocycles. The molecule has 0 bridgehead atoms. The van der Waals surface area contributed by atoms with Gasteiger partial charge in [0, 0.05) is 5.92 Å². The molecule has 4 heteroatoms. The van der Waals surface area contributed by atoms with E-state index in [9.17, 15) is 0 Å². The fourth-order valence-corrected chi connectivity index (χ4v) is 1.58. The molecule has 84 valence electrons. The van der Waals surface area contributed by atoms with Crippen LogP contribution < -0.4 is 0 Å². The van der Waals surface area contributed by atoms with Crippen LogP contribution in [0.3, 0.4) is 0 Å². The minimum absolute atomic E-state index is 0.0278. The minimum atomic E-state index is -0.0278. The predicted octanol–water partition coefficient (Wildman–Crippen LogP) is 3.09. The summed E-state index contributed by atoms with van der Waals surface area (Å²) in [7, 11) is 0. The number of nitrogens with zero attached hydrogens (tertiary/aromatic N) is 1. The summed E-state index contributed by atoms with van der Waals surface area (Å²) in [4.78, 5) is 4.30. The molecule has 0 saturated heterocycles. The molecule has 0 aliphatic rings. The third kappa shape index (κ3) is 2.10. The molecule has 1 atom stereocenters. The third-order valence-electron chi connectivity index (χ3n) is 2.40. The van der Waals surface area contributed by atoms with E-state index in [1.165, 1.54) is 0 Å². The van der Waals surface area contributed by atoms with E-state index in [0.717, 1.165) is 11.3 Å². The van der Waals surface area contributed by atoms with Gasteiger partial charge in [-0.1, -0.05) is 30.7 Å². The van der Waals surface area contributed by atoms with E-state index in [4.69, 9.17) is 21.1 Å². The van der Waals surface area contributed by atoms with Gasteiger partial charge in [-0.3, -0.25) is 0 Å². The Morgan fingerprint density at radius 2 is 2.19 bits per heavy atom. The van der Waals surface area contributed by atoms with Crippen molar-refractivity contribution in [2.75, 3.05) is 6.61 Å². The van der Waals surface area contributed by atoms with Crippen molar-refractivity contribution in [1.29, 1.82) is 0 Å². The maximum absolute atomic E-state index is 9.01. The maximum atomic E-state index is 9.01. The molecule has 0 aliphatic carbocycles. The van der Waals surface area contributed by atoms with Gasteiger partial charge in [-0.2, -0.15) is 0 Å². The molecular formula is C12H12ClNO2. The molecule has 0 aliphatic heterocycles. The van der Waals surface area contributed by atoms with E-state index in [2.05, 4.69) is 4.98 Å². The first-order valence-corrected chi connectivity index (χ1v) is 5.41. The normalized spacial score (nSPS) is 12.7. The summed E-state index contributed by atoms with van der Waals surface area (Å²) in [6, 6.07) is 7.37. The van der Waals surface area contributed by atoms with Gasteiger partial charge in [0.15, 0.2) is 0 Å². The number of aromatic nitrogens is 1. The number of halogens is 1. The summed E-state index contributed by atoms with van der Waals surface area (Å²) in [5.74, 6) is 0.459.